The highest BCUT2D eigenvalue weighted by atomic mass is 16.5. The molecule has 1 unspecified atom stereocenters. The zero-order valence-corrected chi connectivity index (χ0v) is 11.0. The van der Waals surface area contributed by atoms with Gasteiger partial charge in [0.05, 0.1) is 12.6 Å². The maximum absolute atomic E-state index is 5.82. The van der Waals surface area contributed by atoms with Gasteiger partial charge in [0.1, 0.15) is 12.4 Å². The van der Waals surface area contributed by atoms with E-state index in [1.165, 1.54) is 25.9 Å². The van der Waals surface area contributed by atoms with Gasteiger partial charge in [-0.2, -0.15) is 0 Å². The van der Waals surface area contributed by atoms with Crippen molar-refractivity contribution in [2.24, 2.45) is 0 Å². The summed E-state index contributed by atoms with van der Waals surface area (Å²) in [6.07, 6.45) is 6.68. The van der Waals surface area contributed by atoms with Crippen molar-refractivity contribution < 1.29 is 4.74 Å². The van der Waals surface area contributed by atoms with Crippen LogP contribution in [0.15, 0.2) is 12.4 Å². The van der Waals surface area contributed by atoms with Crippen molar-refractivity contribution in [1.29, 1.82) is 0 Å². The van der Waals surface area contributed by atoms with E-state index >= 15 is 0 Å². The number of rotatable bonds is 3. The molecule has 5 nitrogen and oxygen atoms in total. The molecular formula is C13H22N4O. The van der Waals surface area contributed by atoms with E-state index in [0.717, 1.165) is 18.9 Å². The van der Waals surface area contributed by atoms with Gasteiger partial charge in [-0.25, -0.2) is 4.98 Å². The topological polar surface area (TPSA) is 42.3 Å². The lowest BCUT2D eigenvalue weighted by atomic mass is 10.1. The third-order valence-corrected chi connectivity index (χ3v) is 4.00. The van der Waals surface area contributed by atoms with Crippen LogP contribution < -0.4 is 5.32 Å². The molecule has 0 amide bonds. The third kappa shape index (κ3) is 2.74. The van der Waals surface area contributed by atoms with Gasteiger partial charge in [0, 0.05) is 25.0 Å². The summed E-state index contributed by atoms with van der Waals surface area (Å²) in [6, 6.07) is 0.661. The summed E-state index contributed by atoms with van der Waals surface area (Å²) >= 11 is 0. The highest BCUT2D eigenvalue weighted by Gasteiger charge is 2.21. The molecule has 3 rings (SSSR count). The van der Waals surface area contributed by atoms with Gasteiger partial charge in [0.2, 0.25) is 0 Å². The molecule has 0 radical (unpaired) electrons. The second-order valence-corrected chi connectivity index (χ2v) is 5.41. The predicted octanol–water partition coefficient (Wildman–Crippen LogP) is 0.466. The Kier molecular flexibility index (Phi) is 3.63. The maximum atomic E-state index is 5.82. The van der Waals surface area contributed by atoms with Gasteiger partial charge in [-0.3, -0.25) is 0 Å². The lowest BCUT2D eigenvalue weighted by Crippen LogP contribution is -2.45. The highest BCUT2D eigenvalue weighted by molar-refractivity contribution is 4.94. The molecule has 0 aliphatic carbocycles. The highest BCUT2D eigenvalue weighted by Crippen LogP contribution is 2.13. The molecule has 2 aliphatic heterocycles. The van der Waals surface area contributed by atoms with Crippen LogP contribution in [0.4, 0.5) is 0 Å². The number of piperidine rings is 1. The van der Waals surface area contributed by atoms with E-state index in [0.29, 0.717) is 12.6 Å². The SMILES string of the molecule is CN1CCC(NCC2Cn3ccnc3CO2)CC1. The Labute approximate surface area is 108 Å². The van der Waals surface area contributed by atoms with Crippen molar-refractivity contribution in [3.05, 3.63) is 18.2 Å². The largest absolute Gasteiger partial charge is 0.367 e. The number of hydrogen-bond acceptors (Lipinski definition) is 4. The van der Waals surface area contributed by atoms with Crippen molar-refractivity contribution in [2.75, 3.05) is 26.7 Å². The van der Waals surface area contributed by atoms with Crippen LogP contribution in [-0.2, 0) is 17.9 Å². The normalized spacial score (nSPS) is 26.2. The van der Waals surface area contributed by atoms with Crippen LogP contribution in [0.2, 0.25) is 0 Å². The molecule has 0 spiro atoms. The molecule has 1 fully saturated rings. The van der Waals surface area contributed by atoms with Crippen LogP contribution >= 0.6 is 0 Å². The van der Waals surface area contributed by atoms with Crippen LogP contribution in [0.3, 0.4) is 0 Å². The number of aromatic nitrogens is 2. The molecule has 2 aliphatic rings. The monoisotopic (exact) mass is 250 g/mol. The molecule has 1 aromatic heterocycles. The molecule has 1 aromatic rings. The van der Waals surface area contributed by atoms with Crippen molar-refractivity contribution in [3.63, 3.8) is 0 Å². The molecule has 1 N–H and O–H groups in total. The van der Waals surface area contributed by atoms with E-state index < -0.39 is 0 Å². The van der Waals surface area contributed by atoms with Crippen LogP contribution in [0.25, 0.3) is 0 Å². The average molecular weight is 250 g/mol. The zero-order valence-electron chi connectivity index (χ0n) is 11.0. The Morgan fingerprint density at radius 2 is 2.28 bits per heavy atom. The number of likely N-dealkylation sites (tertiary alicyclic amines) is 1. The summed E-state index contributed by atoms with van der Waals surface area (Å²) in [5.74, 6) is 1.05. The first-order chi connectivity index (χ1) is 8.81. The standard InChI is InChI=1S/C13H22N4O/c1-16-5-2-11(3-6-16)15-8-12-9-17-7-4-14-13(17)10-18-12/h4,7,11-12,15H,2-3,5-6,8-10H2,1H3. The maximum Gasteiger partial charge on any atom is 0.134 e. The van der Waals surface area contributed by atoms with Gasteiger partial charge in [0.15, 0.2) is 0 Å². The van der Waals surface area contributed by atoms with Crippen LogP contribution in [0.5, 0.6) is 0 Å². The summed E-state index contributed by atoms with van der Waals surface area (Å²) in [6.45, 7) is 4.93. The number of hydrogen-bond donors (Lipinski definition) is 1. The first-order valence-corrected chi connectivity index (χ1v) is 6.85. The van der Waals surface area contributed by atoms with E-state index in [2.05, 4.69) is 26.8 Å². The number of imidazole rings is 1. The average Bonchev–Trinajstić information content (AvgIpc) is 2.85. The molecule has 3 heterocycles. The summed E-state index contributed by atoms with van der Waals surface area (Å²) in [5, 5.41) is 3.65. The second-order valence-electron chi connectivity index (χ2n) is 5.41. The third-order valence-electron chi connectivity index (χ3n) is 4.00. The van der Waals surface area contributed by atoms with E-state index in [1.54, 1.807) is 0 Å². The first-order valence-electron chi connectivity index (χ1n) is 6.85. The Morgan fingerprint density at radius 3 is 3.11 bits per heavy atom. The molecule has 100 valence electrons. The van der Waals surface area contributed by atoms with E-state index in [4.69, 9.17) is 4.74 Å². The second kappa shape index (κ2) is 5.38. The van der Waals surface area contributed by atoms with Gasteiger partial charge >= 0.3 is 0 Å². The summed E-state index contributed by atoms with van der Waals surface area (Å²) < 4.78 is 8.02. The Morgan fingerprint density at radius 1 is 1.44 bits per heavy atom. The molecule has 0 saturated carbocycles. The Bertz CT molecular complexity index is 384. The van der Waals surface area contributed by atoms with Crippen LogP contribution in [0.1, 0.15) is 18.7 Å². The Balaban J connectivity index is 1.44. The number of ether oxygens (including phenoxy) is 1. The van der Waals surface area contributed by atoms with Crippen molar-refractivity contribution in [1.82, 2.24) is 19.8 Å². The molecule has 1 atom stereocenters. The smallest absolute Gasteiger partial charge is 0.134 e. The molecule has 18 heavy (non-hydrogen) atoms. The van der Waals surface area contributed by atoms with Crippen molar-refractivity contribution >= 4 is 0 Å². The summed E-state index contributed by atoms with van der Waals surface area (Å²) in [5.41, 5.74) is 0. The fourth-order valence-corrected chi connectivity index (χ4v) is 2.75. The number of nitrogens with one attached hydrogen (secondary N) is 1. The van der Waals surface area contributed by atoms with E-state index in [9.17, 15) is 0 Å². The van der Waals surface area contributed by atoms with Crippen LogP contribution in [-0.4, -0.2) is 53.3 Å². The first kappa shape index (κ1) is 12.1. The van der Waals surface area contributed by atoms with Gasteiger partial charge in [-0.1, -0.05) is 0 Å². The minimum Gasteiger partial charge on any atom is -0.367 e. The summed E-state index contributed by atoms with van der Waals surface area (Å²) in [7, 11) is 2.20. The van der Waals surface area contributed by atoms with E-state index in [-0.39, 0.29) is 6.10 Å². The number of fused-ring (bicyclic) bond motifs is 1. The summed E-state index contributed by atoms with van der Waals surface area (Å²) in [4.78, 5) is 6.66. The fourth-order valence-electron chi connectivity index (χ4n) is 2.75. The molecule has 5 heteroatoms. The fraction of sp³-hybridized carbons (Fsp3) is 0.769. The minimum absolute atomic E-state index is 0.284. The van der Waals surface area contributed by atoms with Gasteiger partial charge < -0.3 is 19.5 Å². The van der Waals surface area contributed by atoms with Gasteiger partial charge in [-0.15, -0.1) is 0 Å². The van der Waals surface area contributed by atoms with Gasteiger partial charge in [-0.05, 0) is 33.0 Å². The van der Waals surface area contributed by atoms with E-state index in [1.807, 2.05) is 12.4 Å². The lowest BCUT2D eigenvalue weighted by Gasteiger charge is -2.31. The quantitative estimate of drug-likeness (QED) is 0.846. The van der Waals surface area contributed by atoms with Gasteiger partial charge in [0.25, 0.3) is 0 Å². The minimum atomic E-state index is 0.284. The molecular weight excluding hydrogens is 228 g/mol. The molecule has 0 aromatic carbocycles. The molecule has 0 bridgehead atoms. The molecule has 1 saturated heterocycles. The zero-order chi connectivity index (χ0) is 12.4. The Hall–Kier alpha value is -0.910. The van der Waals surface area contributed by atoms with Crippen molar-refractivity contribution in [2.45, 2.75) is 38.1 Å². The number of nitrogens with zero attached hydrogens (tertiary/aromatic N) is 3. The predicted molar refractivity (Wildman–Crippen MR) is 69.3 cm³/mol. The van der Waals surface area contributed by atoms with Crippen molar-refractivity contribution in [3.8, 4) is 0 Å². The lowest BCUT2D eigenvalue weighted by molar-refractivity contribution is 0.000427. The van der Waals surface area contributed by atoms with Crippen LogP contribution in [0, 0.1) is 0 Å².